The van der Waals surface area contributed by atoms with Crippen LogP contribution in [0.4, 0.5) is 0 Å². The zero-order valence-electron chi connectivity index (χ0n) is 14.6. The molecule has 2 nitrogen and oxygen atoms in total. The fraction of sp³-hybridized carbons (Fsp3) is 0.429. The molecule has 0 saturated heterocycles. The van der Waals surface area contributed by atoms with E-state index >= 15 is 0 Å². The minimum atomic E-state index is 0.562. The molecule has 0 aliphatic heterocycles. The third kappa shape index (κ3) is 6.07. The molecule has 0 amide bonds. The van der Waals surface area contributed by atoms with Crippen LogP contribution in [0.15, 0.2) is 54.6 Å². The summed E-state index contributed by atoms with van der Waals surface area (Å²) in [4.78, 5) is 0. The molecule has 124 valence electrons. The smallest absolute Gasteiger partial charge is 0.122 e. The lowest BCUT2D eigenvalue weighted by molar-refractivity contribution is 0.398. The standard InChI is InChI=1S/C21H29NO/c1-17(2)15-22-16-19(13-18-9-5-4-6-10-18)14-20-11-7-8-12-21(20)23-3/h4-12,17,19,22H,13-16H2,1-3H3. The van der Waals surface area contributed by atoms with Gasteiger partial charge in [0.2, 0.25) is 0 Å². The van der Waals surface area contributed by atoms with Crippen LogP contribution in [-0.4, -0.2) is 20.2 Å². The maximum atomic E-state index is 5.52. The molecule has 1 unspecified atom stereocenters. The summed E-state index contributed by atoms with van der Waals surface area (Å²) >= 11 is 0. The average Bonchev–Trinajstić information content (AvgIpc) is 2.56. The Bertz CT molecular complexity index is 565. The lowest BCUT2D eigenvalue weighted by atomic mass is 9.92. The molecule has 0 spiro atoms. The van der Waals surface area contributed by atoms with Crippen LogP contribution in [0.1, 0.15) is 25.0 Å². The molecule has 0 saturated carbocycles. The molecule has 0 aliphatic rings. The highest BCUT2D eigenvalue weighted by atomic mass is 16.5. The van der Waals surface area contributed by atoms with Gasteiger partial charge in [0, 0.05) is 0 Å². The quantitative estimate of drug-likeness (QED) is 0.743. The zero-order valence-corrected chi connectivity index (χ0v) is 14.6. The molecule has 2 aromatic rings. The molecular weight excluding hydrogens is 282 g/mol. The van der Waals surface area contributed by atoms with Gasteiger partial charge in [0.15, 0.2) is 0 Å². The van der Waals surface area contributed by atoms with Crippen molar-refractivity contribution in [3.63, 3.8) is 0 Å². The van der Waals surface area contributed by atoms with Crippen LogP contribution in [0.25, 0.3) is 0 Å². The Balaban J connectivity index is 2.05. The predicted molar refractivity (Wildman–Crippen MR) is 98.0 cm³/mol. The van der Waals surface area contributed by atoms with Crippen LogP contribution in [0.5, 0.6) is 5.75 Å². The summed E-state index contributed by atoms with van der Waals surface area (Å²) in [6.07, 6.45) is 2.12. The minimum Gasteiger partial charge on any atom is -0.496 e. The second kappa shape index (κ2) is 9.36. The van der Waals surface area contributed by atoms with Gasteiger partial charge < -0.3 is 10.1 Å². The molecule has 1 atom stereocenters. The number of benzene rings is 2. The summed E-state index contributed by atoms with van der Waals surface area (Å²) in [5.74, 6) is 2.24. The van der Waals surface area contributed by atoms with Crippen molar-refractivity contribution in [2.75, 3.05) is 20.2 Å². The first-order valence-corrected chi connectivity index (χ1v) is 8.55. The van der Waals surface area contributed by atoms with Crippen molar-refractivity contribution in [2.45, 2.75) is 26.7 Å². The van der Waals surface area contributed by atoms with E-state index in [2.05, 4.69) is 67.7 Å². The Hall–Kier alpha value is -1.80. The van der Waals surface area contributed by atoms with Crippen LogP contribution < -0.4 is 10.1 Å². The lowest BCUT2D eigenvalue weighted by Crippen LogP contribution is -2.28. The molecule has 2 heteroatoms. The van der Waals surface area contributed by atoms with E-state index in [1.54, 1.807) is 7.11 Å². The van der Waals surface area contributed by atoms with Crippen LogP contribution in [0.3, 0.4) is 0 Å². The van der Waals surface area contributed by atoms with Gasteiger partial charge in [0.1, 0.15) is 5.75 Å². The summed E-state index contributed by atoms with van der Waals surface area (Å²) in [5.41, 5.74) is 2.70. The van der Waals surface area contributed by atoms with Crippen molar-refractivity contribution in [1.29, 1.82) is 0 Å². The number of ether oxygens (including phenoxy) is 1. The van der Waals surface area contributed by atoms with Crippen molar-refractivity contribution in [1.82, 2.24) is 5.32 Å². The van der Waals surface area contributed by atoms with Crippen LogP contribution >= 0.6 is 0 Å². The summed E-state index contributed by atoms with van der Waals surface area (Å²) in [6.45, 7) is 6.60. The third-order valence-corrected chi connectivity index (χ3v) is 4.05. The van der Waals surface area contributed by atoms with E-state index in [1.165, 1.54) is 11.1 Å². The molecule has 0 aliphatic carbocycles. The maximum Gasteiger partial charge on any atom is 0.122 e. The number of hydrogen-bond acceptors (Lipinski definition) is 2. The second-order valence-electron chi connectivity index (χ2n) is 6.62. The molecular formula is C21H29NO. The summed E-state index contributed by atoms with van der Waals surface area (Å²) in [5, 5.41) is 3.62. The van der Waals surface area contributed by atoms with Gasteiger partial charge in [0.25, 0.3) is 0 Å². The van der Waals surface area contributed by atoms with Gasteiger partial charge in [0.05, 0.1) is 7.11 Å². The minimum absolute atomic E-state index is 0.562. The van der Waals surface area contributed by atoms with Gasteiger partial charge in [-0.05, 0) is 55.0 Å². The van der Waals surface area contributed by atoms with E-state index in [1.807, 2.05) is 6.07 Å². The first-order valence-electron chi connectivity index (χ1n) is 8.55. The molecule has 1 N–H and O–H groups in total. The Morgan fingerprint density at radius 1 is 0.870 bits per heavy atom. The Labute approximate surface area is 140 Å². The highest BCUT2D eigenvalue weighted by molar-refractivity contribution is 5.33. The van der Waals surface area contributed by atoms with Crippen LogP contribution in [-0.2, 0) is 12.8 Å². The molecule has 0 aromatic heterocycles. The fourth-order valence-corrected chi connectivity index (χ4v) is 2.92. The first kappa shape index (κ1) is 17.6. The van der Waals surface area contributed by atoms with E-state index in [9.17, 15) is 0 Å². The van der Waals surface area contributed by atoms with Crippen molar-refractivity contribution in [2.24, 2.45) is 11.8 Å². The number of nitrogens with one attached hydrogen (secondary N) is 1. The van der Waals surface area contributed by atoms with Gasteiger partial charge in [-0.15, -0.1) is 0 Å². The lowest BCUT2D eigenvalue weighted by Gasteiger charge is -2.20. The van der Waals surface area contributed by atoms with E-state index in [4.69, 9.17) is 4.74 Å². The van der Waals surface area contributed by atoms with E-state index in [0.29, 0.717) is 11.8 Å². The monoisotopic (exact) mass is 311 g/mol. The zero-order chi connectivity index (χ0) is 16.5. The van der Waals surface area contributed by atoms with E-state index < -0.39 is 0 Å². The molecule has 0 bridgehead atoms. The molecule has 0 heterocycles. The van der Waals surface area contributed by atoms with E-state index in [0.717, 1.165) is 31.7 Å². The number of para-hydroxylation sites is 1. The van der Waals surface area contributed by atoms with Gasteiger partial charge in [-0.3, -0.25) is 0 Å². The van der Waals surface area contributed by atoms with E-state index in [-0.39, 0.29) is 0 Å². The van der Waals surface area contributed by atoms with Crippen molar-refractivity contribution >= 4 is 0 Å². The summed E-state index contributed by atoms with van der Waals surface area (Å²) < 4.78 is 5.52. The largest absolute Gasteiger partial charge is 0.496 e. The van der Waals surface area contributed by atoms with Gasteiger partial charge in [-0.2, -0.15) is 0 Å². The SMILES string of the molecule is COc1ccccc1CC(CNCC(C)C)Cc1ccccc1. The summed E-state index contributed by atoms with van der Waals surface area (Å²) in [7, 11) is 1.75. The average molecular weight is 311 g/mol. The maximum absolute atomic E-state index is 5.52. The third-order valence-electron chi connectivity index (χ3n) is 4.05. The molecule has 2 aromatic carbocycles. The van der Waals surface area contributed by atoms with Crippen LogP contribution in [0.2, 0.25) is 0 Å². The molecule has 0 fully saturated rings. The van der Waals surface area contributed by atoms with Gasteiger partial charge >= 0.3 is 0 Å². The first-order chi connectivity index (χ1) is 11.2. The normalized spacial score (nSPS) is 12.3. The fourth-order valence-electron chi connectivity index (χ4n) is 2.92. The van der Waals surface area contributed by atoms with Crippen molar-refractivity contribution < 1.29 is 4.74 Å². The molecule has 0 radical (unpaired) electrons. The highest BCUT2D eigenvalue weighted by Crippen LogP contribution is 2.22. The highest BCUT2D eigenvalue weighted by Gasteiger charge is 2.13. The topological polar surface area (TPSA) is 21.3 Å². The van der Waals surface area contributed by atoms with Gasteiger partial charge in [-0.25, -0.2) is 0 Å². The Morgan fingerprint density at radius 3 is 2.26 bits per heavy atom. The number of hydrogen-bond donors (Lipinski definition) is 1. The number of methoxy groups -OCH3 is 1. The van der Waals surface area contributed by atoms with Crippen molar-refractivity contribution in [3.8, 4) is 5.75 Å². The van der Waals surface area contributed by atoms with Crippen LogP contribution in [0, 0.1) is 11.8 Å². The van der Waals surface area contributed by atoms with Crippen molar-refractivity contribution in [3.05, 3.63) is 65.7 Å². The number of rotatable bonds is 9. The van der Waals surface area contributed by atoms with Gasteiger partial charge in [-0.1, -0.05) is 62.4 Å². The second-order valence-corrected chi connectivity index (χ2v) is 6.62. The Morgan fingerprint density at radius 2 is 1.57 bits per heavy atom. The molecule has 2 rings (SSSR count). The summed E-state index contributed by atoms with van der Waals surface area (Å²) in [6, 6.07) is 19.1. The Kier molecular flexibility index (Phi) is 7.15. The molecule has 23 heavy (non-hydrogen) atoms. The predicted octanol–water partition coefficient (Wildman–Crippen LogP) is 4.34.